The van der Waals surface area contributed by atoms with Gasteiger partial charge in [-0.15, -0.1) is 0 Å². The Morgan fingerprint density at radius 2 is 1.15 bits per heavy atom. The minimum atomic E-state index is -0.504. The van der Waals surface area contributed by atoms with Gasteiger partial charge in [0.2, 0.25) is 0 Å². The van der Waals surface area contributed by atoms with Crippen molar-refractivity contribution in [3.05, 3.63) is 168 Å². The van der Waals surface area contributed by atoms with Crippen LogP contribution in [-0.4, -0.2) is 9.13 Å². The average Bonchev–Trinajstić information content (AvgIpc) is 3.70. The van der Waals surface area contributed by atoms with Crippen LogP contribution in [0.5, 0.6) is 0 Å². The Hall–Kier alpha value is -7.13. The van der Waals surface area contributed by atoms with E-state index in [1.165, 1.54) is 10.8 Å². The fourth-order valence-corrected chi connectivity index (χ4v) is 7.74. The molecular weight excluding hydrogens is 635 g/mol. The molecule has 0 bridgehead atoms. The maximum Gasteiger partial charge on any atom is 0.0992 e. The first-order chi connectivity index (χ1) is 25.3. The summed E-state index contributed by atoms with van der Waals surface area (Å²) in [5.74, 6) is 0. The van der Waals surface area contributed by atoms with Gasteiger partial charge in [0, 0.05) is 43.7 Å². The van der Waals surface area contributed by atoms with E-state index >= 15 is 0 Å². The zero-order valence-corrected chi connectivity index (χ0v) is 29.1. The second kappa shape index (κ2) is 12.6. The number of benzene rings is 6. The highest BCUT2D eigenvalue weighted by Crippen LogP contribution is 2.41. The van der Waals surface area contributed by atoms with E-state index in [2.05, 4.69) is 120 Å². The van der Waals surface area contributed by atoms with Crippen LogP contribution < -0.4 is 0 Å². The molecule has 0 aliphatic heterocycles. The van der Waals surface area contributed by atoms with Gasteiger partial charge in [0.15, 0.2) is 0 Å². The van der Waals surface area contributed by atoms with Gasteiger partial charge in [0.25, 0.3) is 0 Å². The van der Waals surface area contributed by atoms with Gasteiger partial charge in [0.1, 0.15) is 0 Å². The quantitative estimate of drug-likeness (QED) is 0.131. The minimum absolute atomic E-state index is 0.504. The Morgan fingerprint density at radius 3 is 1.85 bits per heavy atom. The number of fused-ring (bicyclic) bond motifs is 6. The summed E-state index contributed by atoms with van der Waals surface area (Å²) in [6.07, 6.45) is 4.26. The molecule has 0 unspecified atom stereocenters. The summed E-state index contributed by atoms with van der Waals surface area (Å²) in [4.78, 5) is 0. The van der Waals surface area contributed by atoms with Gasteiger partial charge in [-0.25, -0.2) is 0 Å². The standard InChI is InChI=1S/C47H33N5/c1-31(28-48)24-34(27-47(2,3)52-44-18-10-7-15-38(44)39-16-8-11-19-45(39)52)35-12-4-5-13-36(35)37-14-6-9-17-42(37)51-43-23-21-32(29-49)25-41(43)40-22-20-33(30-50)26-46(40)51/h4-27H,1-3H3/b31-24+,34-27+. The van der Waals surface area contributed by atoms with Crippen molar-refractivity contribution in [2.24, 2.45) is 0 Å². The smallest absolute Gasteiger partial charge is 0.0992 e. The van der Waals surface area contributed by atoms with Gasteiger partial charge in [-0.05, 0) is 92.1 Å². The molecule has 5 heteroatoms. The number of hydrogen-bond donors (Lipinski definition) is 0. The van der Waals surface area contributed by atoms with Crippen molar-refractivity contribution in [1.29, 1.82) is 15.8 Å². The number of allylic oxidation sites excluding steroid dienone is 4. The van der Waals surface area contributed by atoms with E-state index in [0.29, 0.717) is 16.7 Å². The van der Waals surface area contributed by atoms with Crippen molar-refractivity contribution in [3.63, 3.8) is 0 Å². The molecule has 0 aliphatic carbocycles. The summed E-state index contributed by atoms with van der Waals surface area (Å²) >= 11 is 0. The number of nitrogens with zero attached hydrogens (tertiary/aromatic N) is 5. The Balaban J connectivity index is 1.39. The summed E-state index contributed by atoms with van der Waals surface area (Å²) < 4.78 is 4.59. The number of nitriles is 3. The van der Waals surface area contributed by atoms with E-state index < -0.39 is 5.54 Å². The highest BCUT2D eigenvalue weighted by atomic mass is 15.1. The molecule has 0 spiro atoms. The third-order valence-corrected chi connectivity index (χ3v) is 9.91. The number of aromatic nitrogens is 2. The second-order valence-electron chi connectivity index (χ2n) is 13.6. The van der Waals surface area contributed by atoms with Crippen molar-refractivity contribution in [1.82, 2.24) is 9.13 Å². The Labute approximate surface area is 302 Å². The monoisotopic (exact) mass is 667 g/mol. The minimum Gasteiger partial charge on any atom is -0.331 e. The summed E-state index contributed by atoms with van der Waals surface area (Å²) in [6, 6.07) is 52.1. The Morgan fingerprint density at radius 1 is 0.577 bits per heavy atom. The molecule has 0 aliphatic rings. The molecule has 0 amide bonds. The van der Waals surface area contributed by atoms with E-state index in [0.717, 1.165) is 60.8 Å². The zero-order valence-electron chi connectivity index (χ0n) is 29.1. The van der Waals surface area contributed by atoms with Gasteiger partial charge >= 0.3 is 0 Å². The Bertz CT molecular complexity index is 2870. The van der Waals surface area contributed by atoms with Crippen molar-refractivity contribution in [2.45, 2.75) is 26.3 Å². The van der Waals surface area contributed by atoms with Gasteiger partial charge in [-0.2, -0.15) is 15.8 Å². The molecule has 0 atom stereocenters. The molecule has 0 radical (unpaired) electrons. The first kappa shape index (κ1) is 32.1. The lowest BCUT2D eigenvalue weighted by molar-refractivity contribution is 0.486. The van der Waals surface area contributed by atoms with E-state index in [1.54, 1.807) is 0 Å². The lowest BCUT2D eigenvalue weighted by Crippen LogP contribution is -2.23. The Kier molecular flexibility index (Phi) is 7.80. The molecule has 0 N–H and O–H groups in total. The molecule has 0 fully saturated rings. The van der Waals surface area contributed by atoms with Crippen LogP contribution in [0.3, 0.4) is 0 Å². The van der Waals surface area contributed by atoms with E-state index in [1.807, 2.05) is 73.7 Å². The van der Waals surface area contributed by atoms with E-state index in [-0.39, 0.29) is 0 Å². The summed E-state index contributed by atoms with van der Waals surface area (Å²) in [5.41, 5.74) is 10.2. The molecule has 5 nitrogen and oxygen atoms in total. The number of rotatable bonds is 6. The molecule has 52 heavy (non-hydrogen) atoms. The lowest BCUT2D eigenvalue weighted by atomic mass is 9.89. The summed E-state index contributed by atoms with van der Waals surface area (Å²) in [6.45, 7) is 6.29. The molecule has 2 aromatic heterocycles. The van der Waals surface area contributed by atoms with E-state index in [4.69, 9.17) is 0 Å². The molecule has 0 saturated carbocycles. The number of hydrogen-bond acceptors (Lipinski definition) is 3. The second-order valence-corrected chi connectivity index (χ2v) is 13.6. The normalized spacial score (nSPS) is 12.3. The first-order valence-electron chi connectivity index (χ1n) is 17.2. The van der Waals surface area contributed by atoms with Crippen LogP contribution in [0.2, 0.25) is 0 Å². The topological polar surface area (TPSA) is 81.2 Å². The van der Waals surface area contributed by atoms with E-state index in [9.17, 15) is 15.8 Å². The van der Waals surface area contributed by atoms with Crippen LogP contribution in [0.25, 0.3) is 66.0 Å². The molecule has 2 heterocycles. The predicted molar refractivity (Wildman–Crippen MR) is 212 cm³/mol. The van der Waals surface area contributed by atoms with Crippen molar-refractivity contribution in [2.75, 3.05) is 0 Å². The maximum atomic E-state index is 10.0. The van der Waals surface area contributed by atoms with Crippen LogP contribution >= 0.6 is 0 Å². The van der Waals surface area contributed by atoms with Crippen LogP contribution in [0.4, 0.5) is 0 Å². The third kappa shape index (κ3) is 5.23. The summed E-state index contributed by atoms with van der Waals surface area (Å²) in [5, 5.41) is 34.0. The largest absolute Gasteiger partial charge is 0.331 e. The molecule has 6 aromatic carbocycles. The first-order valence-corrected chi connectivity index (χ1v) is 17.2. The van der Waals surface area contributed by atoms with Crippen LogP contribution in [-0.2, 0) is 5.54 Å². The summed E-state index contributed by atoms with van der Waals surface area (Å²) in [7, 11) is 0. The molecular formula is C47H33N5. The lowest BCUT2D eigenvalue weighted by Gasteiger charge is -2.28. The highest BCUT2D eigenvalue weighted by molar-refractivity contribution is 6.11. The van der Waals surface area contributed by atoms with Gasteiger partial charge in [-0.3, -0.25) is 0 Å². The van der Waals surface area contributed by atoms with Crippen molar-refractivity contribution >= 4 is 49.2 Å². The van der Waals surface area contributed by atoms with Gasteiger partial charge in [0.05, 0.1) is 51.6 Å². The maximum absolute atomic E-state index is 10.0. The van der Waals surface area contributed by atoms with Gasteiger partial charge < -0.3 is 9.13 Å². The van der Waals surface area contributed by atoms with Crippen LogP contribution in [0.1, 0.15) is 37.5 Å². The molecule has 0 saturated heterocycles. The SMILES string of the molecule is C/C(C#N)=C\C(=C/C(C)(C)n1c2ccccc2c2ccccc21)c1ccccc1-c1ccccc1-n1c2ccc(C#N)cc2c2ccc(C#N)cc21. The predicted octanol–water partition coefficient (Wildman–Crippen LogP) is 11.6. The molecule has 246 valence electrons. The molecule has 8 aromatic rings. The molecule has 8 rings (SSSR count). The van der Waals surface area contributed by atoms with Gasteiger partial charge in [-0.1, -0.05) is 91.0 Å². The highest BCUT2D eigenvalue weighted by Gasteiger charge is 2.25. The van der Waals surface area contributed by atoms with Crippen molar-refractivity contribution in [3.8, 4) is 35.0 Å². The zero-order chi connectivity index (χ0) is 36.0. The number of para-hydroxylation sites is 3. The third-order valence-electron chi connectivity index (χ3n) is 9.91. The fourth-order valence-electron chi connectivity index (χ4n) is 7.74. The van der Waals surface area contributed by atoms with Crippen LogP contribution in [0, 0.1) is 34.0 Å². The average molecular weight is 668 g/mol. The fraction of sp³-hybridized carbons (Fsp3) is 0.0851. The van der Waals surface area contributed by atoms with Crippen LogP contribution in [0.15, 0.2) is 151 Å². The van der Waals surface area contributed by atoms with Crippen molar-refractivity contribution < 1.29 is 0 Å².